The van der Waals surface area contributed by atoms with Gasteiger partial charge in [-0.05, 0) is 63.0 Å². The van der Waals surface area contributed by atoms with Gasteiger partial charge in [-0.15, -0.1) is 0 Å². The van der Waals surface area contributed by atoms with E-state index in [2.05, 4.69) is 16.0 Å². The van der Waals surface area contributed by atoms with Crippen molar-refractivity contribution < 1.29 is 27.1 Å². The molecule has 160 valence electrons. The number of benzene rings is 1. The van der Waals surface area contributed by atoms with Crippen LogP contribution in [0.2, 0.25) is 0 Å². The first-order chi connectivity index (χ1) is 13.6. The first kappa shape index (κ1) is 23.0. The summed E-state index contributed by atoms with van der Waals surface area (Å²) < 4.78 is 42.2. The summed E-state index contributed by atoms with van der Waals surface area (Å²) in [4.78, 5) is 23.2. The minimum Gasteiger partial charge on any atom is -0.446 e. The van der Waals surface area contributed by atoms with Crippen LogP contribution in [-0.2, 0) is 14.6 Å². The van der Waals surface area contributed by atoms with Gasteiger partial charge in [-0.1, -0.05) is 0 Å². The third-order valence-corrected chi connectivity index (χ3v) is 5.76. The van der Waals surface area contributed by atoms with Gasteiger partial charge in [0.15, 0.2) is 14.9 Å². The maximum absolute atomic E-state index is 13.7. The fourth-order valence-corrected chi connectivity index (χ4v) is 4.01. The van der Waals surface area contributed by atoms with Crippen molar-refractivity contribution in [2.75, 3.05) is 12.8 Å². The number of nitrogens with one attached hydrogen (secondary N) is 3. The standard InChI is InChI=1S/C18H24FN3O5S2/c1-3-20-18(24)27-13-7-5-12(6-8-13)21-17(28)22-16(23)11-4-9-14(19)15(10-11)29(2,25)26/h4,9-10,12-13H,3,5-8H2,1-2H3,(H,20,24)(H2,21,22,23,28). The summed E-state index contributed by atoms with van der Waals surface area (Å²) in [5, 5.41) is 8.17. The highest BCUT2D eigenvalue weighted by Crippen LogP contribution is 2.21. The van der Waals surface area contributed by atoms with Gasteiger partial charge in [-0.3, -0.25) is 10.1 Å². The number of amides is 2. The Bertz CT molecular complexity index is 883. The van der Waals surface area contributed by atoms with E-state index < -0.39 is 32.6 Å². The predicted molar refractivity (Wildman–Crippen MR) is 109 cm³/mol. The Kier molecular flexibility index (Phi) is 7.91. The molecule has 0 unspecified atom stereocenters. The second-order valence-corrected chi connectivity index (χ2v) is 9.15. The lowest BCUT2D eigenvalue weighted by atomic mass is 9.93. The van der Waals surface area contributed by atoms with Crippen LogP contribution in [0.4, 0.5) is 9.18 Å². The van der Waals surface area contributed by atoms with Gasteiger partial charge in [-0.25, -0.2) is 17.6 Å². The Labute approximate surface area is 174 Å². The zero-order chi connectivity index (χ0) is 21.6. The zero-order valence-electron chi connectivity index (χ0n) is 16.2. The van der Waals surface area contributed by atoms with Crippen LogP contribution in [0.3, 0.4) is 0 Å². The molecule has 2 rings (SSSR count). The van der Waals surface area contributed by atoms with Crippen LogP contribution >= 0.6 is 12.2 Å². The highest BCUT2D eigenvalue weighted by molar-refractivity contribution is 7.90. The summed E-state index contributed by atoms with van der Waals surface area (Å²) in [7, 11) is -3.80. The van der Waals surface area contributed by atoms with Gasteiger partial charge in [0.2, 0.25) is 0 Å². The molecule has 0 aliphatic heterocycles. The van der Waals surface area contributed by atoms with Crippen LogP contribution in [0.15, 0.2) is 23.1 Å². The molecule has 0 bridgehead atoms. The van der Waals surface area contributed by atoms with Crippen LogP contribution in [0, 0.1) is 5.82 Å². The predicted octanol–water partition coefficient (Wildman–Crippen LogP) is 1.89. The molecular formula is C18H24FN3O5S2. The smallest absolute Gasteiger partial charge is 0.407 e. The Morgan fingerprint density at radius 2 is 1.90 bits per heavy atom. The van der Waals surface area contributed by atoms with E-state index >= 15 is 0 Å². The molecule has 1 aromatic carbocycles. The molecule has 1 aromatic rings. The molecule has 1 aliphatic rings. The fraction of sp³-hybridized carbons (Fsp3) is 0.500. The van der Waals surface area contributed by atoms with Crippen molar-refractivity contribution in [1.29, 1.82) is 0 Å². The van der Waals surface area contributed by atoms with Crippen LogP contribution in [0.25, 0.3) is 0 Å². The van der Waals surface area contributed by atoms with E-state index in [9.17, 15) is 22.4 Å². The van der Waals surface area contributed by atoms with Crippen molar-refractivity contribution in [2.45, 2.75) is 49.6 Å². The van der Waals surface area contributed by atoms with E-state index in [1.807, 2.05) is 6.92 Å². The fourth-order valence-electron chi connectivity index (χ4n) is 2.99. The van der Waals surface area contributed by atoms with Crippen molar-refractivity contribution in [1.82, 2.24) is 16.0 Å². The van der Waals surface area contributed by atoms with Crippen LogP contribution in [0.5, 0.6) is 0 Å². The van der Waals surface area contributed by atoms with Crippen LogP contribution in [-0.4, -0.2) is 50.5 Å². The minimum atomic E-state index is -3.80. The quantitative estimate of drug-likeness (QED) is 0.593. The first-order valence-electron chi connectivity index (χ1n) is 9.16. The zero-order valence-corrected chi connectivity index (χ0v) is 17.8. The molecule has 0 radical (unpaired) electrons. The monoisotopic (exact) mass is 445 g/mol. The van der Waals surface area contributed by atoms with Crippen molar-refractivity contribution in [3.8, 4) is 0 Å². The molecular weight excluding hydrogens is 421 g/mol. The number of sulfone groups is 1. The molecule has 0 atom stereocenters. The van der Waals surface area contributed by atoms with Gasteiger partial charge >= 0.3 is 6.09 Å². The molecule has 29 heavy (non-hydrogen) atoms. The minimum absolute atomic E-state index is 0.0108. The molecule has 2 amide bonds. The molecule has 1 aliphatic carbocycles. The number of hydrogen-bond donors (Lipinski definition) is 3. The van der Waals surface area contributed by atoms with Gasteiger partial charge in [0, 0.05) is 24.4 Å². The molecule has 3 N–H and O–H groups in total. The SMILES string of the molecule is CCNC(=O)OC1CCC(NC(=S)NC(=O)c2ccc(F)c(S(C)(=O)=O)c2)CC1. The van der Waals surface area contributed by atoms with E-state index in [1.165, 1.54) is 6.07 Å². The Hall–Kier alpha value is -2.27. The lowest BCUT2D eigenvalue weighted by molar-refractivity contribution is 0.0706. The molecule has 0 heterocycles. The van der Waals surface area contributed by atoms with E-state index in [0.717, 1.165) is 18.4 Å². The highest BCUT2D eigenvalue weighted by atomic mass is 32.2. The summed E-state index contributed by atoms with van der Waals surface area (Å²) in [6.45, 7) is 2.31. The van der Waals surface area contributed by atoms with Gasteiger partial charge < -0.3 is 15.4 Å². The molecule has 0 spiro atoms. The van der Waals surface area contributed by atoms with E-state index in [0.29, 0.717) is 32.2 Å². The van der Waals surface area contributed by atoms with Crippen molar-refractivity contribution in [3.63, 3.8) is 0 Å². The Balaban J connectivity index is 1.86. The third kappa shape index (κ3) is 6.93. The maximum Gasteiger partial charge on any atom is 0.407 e. The summed E-state index contributed by atoms with van der Waals surface area (Å²) in [6.07, 6.45) is 3.02. The molecule has 8 nitrogen and oxygen atoms in total. The van der Waals surface area contributed by atoms with Crippen molar-refractivity contribution in [3.05, 3.63) is 29.6 Å². The Morgan fingerprint density at radius 1 is 1.24 bits per heavy atom. The van der Waals surface area contributed by atoms with Gasteiger partial charge in [0.25, 0.3) is 5.91 Å². The van der Waals surface area contributed by atoms with Crippen LogP contribution < -0.4 is 16.0 Å². The molecule has 0 aromatic heterocycles. The number of hydrogen-bond acceptors (Lipinski definition) is 6. The van der Waals surface area contributed by atoms with Gasteiger partial charge in [0.1, 0.15) is 16.8 Å². The maximum atomic E-state index is 13.7. The lowest BCUT2D eigenvalue weighted by Gasteiger charge is -2.29. The summed E-state index contributed by atoms with van der Waals surface area (Å²) in [5.74, 6) is -1.56. The van der Waals surface area contributed by atoms with Crippen molar-refractivity contribution >= 4 is 39.2 Å². The second-order valence-electron chi connectivity index (χ2n) is 6.75. The normalized spacial score (nSPS) is 19.1. The number of halogens is 1. The summed E-state index contributed by atoms with van der Waals surface area (Å²) in [5.41, 5.74) is -0.0185. The molecule has 0 saturated heterocycles. The number of rotatable bonds is 5. The highest BCUT2D eigenvalue weighted by Gasteiger charge is 2.25. The van der Waals surface area contributed by atoms with Gasteiger partial charge in [0.05, 0.1) is 0 Å². The number of alkyl carbamates (subject to hydrolysis) is 1. The van der Waals surface area contributed by atoms with E-state index in [-0.39, 0.29) is 22.8 Å². The number of thiocarbonyl (C=S) groups is 1. The lowest BCUT2D eigenvalue weighted by Crippen LogP contribution is -2.46. The van der Waals surface area contributed by atoms with Crippen molar-refractivity contribution in [2.24, 2.45) is 0 Å². The largest absolute Gasteiger partial charge is 0.446 e. The molecule has 1 fully saturated rings. The average Bonchev–Trinajstić information content (AvgIpc) is 2.62. The van der Waals surface area contributed by atoms with Crippen LogP contribution in [0.1, 0.15) is 43.0 Å². The van der Waals surface area contributed by atoms with E-state index in [4.69, 9.17) is 17.0 Å². The Morgan fingerprint density at radius 3 is 2.48 bits per heavy atom. The number of carbonyl (C=O) groups excluding carboxylic acids is 2. The average molecular weight is 446 g/mol. The number of carbonyl (C=O) groups is 2. The molecule has 1 saturated carbocycles. The second kappa shape index (κ2) is 9.97. The summed E-state index contributed by atoms with van der Waals surface area (Å²) in [6, 6.07) is 3.10. The molecule has 11 heteroatoms. The summed E-state index contributed by atoms with van der Waals surface area (Å²) >= 11 is 5.15. The van der Waals surface area contributed by atoms with E-state index in [1.54, 1.807) is 0 Å². The third-order valence-electron chi connectivity index (χ3n) is 4.42. The topological polar surface area (TPSA) is 114 Å². The first-order valence-corrected chi connectivity index (χ1v) is 11.5. The van der Waals surface area contributed by atoms with Gasteiger partial charge in [-0.2, -0.15) is 0 Å². The number of ether oxygens (including phenoxy) is 1.